The van der Waals surface area contributed by atoms with Crippen molar-refractivity contribution in [3.63, 3.8) is 0 Å². The number of hydrogen-bond acceptors (Lipinski definition) is 5. The molecule has 18 heavy (non-hydrogen) atoms. The number of rotatable bonds is 5. The largest absolute Gasteiger partial charge is 0.476 e. The molecule has 2 rings (SSSR count). The van der Waals surface area contributed by atoms with E-state index in [2.05, 4.69) is 17.2 Å². The fourth-order valence-electron chi connectivity index (χ4n) is 1.91. The average molecular weight is 251 g/mol. The normalized spacial score (nSPS) is 19.5. The first-order valence-electron chi connectivity index (χ1n) is 6.53. The lowest BCUT2D eigenvalue weighted by Gasteiger charge is -2.23. The topological polar surface area (TPSA) is 69.4 Å². The number of ether oxygens (including phenoxy) is 2. The lowest BCUT2D eigenvalue weighted by Crippen LogP contribution is -2.30. The summed E-state index contributed by atoms with van der Waals surface area (Å²) in [5, 5.41) is 3.35. The fraction of sp³-hybridized carbons (Fsp3) is 0.615. The van der Waals surface area contributed by atoms with Crippen molar-refractivity contribution in [3.05, 3.63) is 12.1 Å². The minimum absolute atomic E-state index is 0.328. The number of pyridine rings is 1. The summed E-state index contributed by atoms with van der Waals surface area (Å²) in [7, 11) is 0. The van der Waals surface area contributed by atoms with Crippen molar-refractivity contribution in [1.29, 1.82) is 0 Å². The van der Waals surface area contributed by atoms with Crippen molar-refractivity contribution in [2.24, 2.45) is 0 Å². The highest BCUT2D eigenvalue weighted by Crippen LogP contribution is 2.22. The van der Waals surface area contributed by atoms with Gasteiger partial charge in [0.1, 0.15) is 5.82 Å². The van der Waals surface area contributed by atoms with Crippen molar-refractivity contribution in [2.75, 3.05) is 30.9 Å². The van der Waals surface area contributed by atoms with E-state index in [-0.39, 0.29) is 0 Å². The van der Waals surface area contributed by atoms with Gasteiger partial charge in [0.15, 0.2) is 0 Å². The molecular formula is C13H21N3O2. The maximum Gasteiger partial charge on any atom is 0.239 e. The summed E-state index contributed by atoms with van der Waals surface area (Å²) in [4.78, 5) is 4.39. The van der Waals surface area contributed by atoms with E-state index in [1.54, 1.807) is 0 Å². The van der Waals surface area contributed by atoms with Gasteiger partial charge in [0.05, 0.1) is 24.9 Å². The van der Waals surface area contributed by atoms with Crippen molar-refractivity contribution >= 4 is 11.5 Å². The van der Waals surface area contributed by atoms with Crippen LogP contribution in [0.15, 0.2) is 12.1 Å². The van der Waals surface area contributed by atoms with Gasteiger partial charge in [-0.15, -0.1) is 0 Å². The van der Waals surface area contributed by atoms with Gasteiger partial charge in [-0.25, -0.2) is 0 Å². The fourth-order valence-corrected chi connectivity index (χ4v) is 1.91. The third kappa shape index (κ3) is 3.50. The highest BCUT2D eigenvalue weighted by molar-refractivity contribution is 5.53. The maximum atomic E-state index is 5.82. The van der Waals surface area contributed by atoms with Crippen LogP contribution in [0.3, 0.4) is 0 Å². The standard InChI is InChI=1S/C13H21N3O2/c1-2-7-18-13-11(14)5-6-12(16-13)15-10-4-3-8-17-9-10/h5-6,10H,2-4,7-9,14H2,1H3,(H,15,16). The van der Waals surface area contributed by atoms with Crippen molar-refractivity contribution in [1.82, 2.24) is 4.98 Å². The summed E-state index contributed by atoms with van der Waals surface area (Å²) in [5.74, 6) is 1.31. The van der Waals surface area contributed by atoms with Crippen LogP contribution in [0.2, 0.25) is 0 Å². The average Bonchev–Trinajstić information content (AvgIpc) is 2.40. The van der Waals surface area contributed by atoms with Crippen LogP contribution in [0.1, 0.15) is 26.2 Å². The number of nitrogens with two attached hydrogens (primary N) is 1. The second-order valence-electron chi connectivity index (χ2n) is 4.50. The van der Waals surface area contributed by atoms with Gasteiger partial charge in [-0.1, -0.05) is 6.92 Å². The van der Waals surface area contributed by atoms with E-state index in [9.17, 15) is 0 Å². The number of hydrogen-bond donors (Lipinski definition) is 2. The molecule has 1 fully saturated rings. The van der Waals surface area contributed by atoms with E-state index < -0.39 is 0 Å². The predicted octanol–water partition coefficient (Wildman–Crippen LogP) is 2.04. The van der Waals surface area contributed by atoms with Gasteiger partial charge >= 0.3 is 0 Å². The van der Waals surface area contributed by atoms with Crippen molar-refractivity contribution < 1.29 is 9.47 Å². The summed E-state index contributed by atoms with van der Waals surface area (Å²) >= 11 is 0. The minimum Gasteiger partial charge on any atom is -0.476 e. The molecule has 0 aromatic carbocycles. The Balaban J connectivity index is 1.99. The zero-order chi connectivity index (χ0) is 12.8. The Bertz CT molecular complexity index is 378. The van der Waals surface area contributed by atoms with Crippen molar-refractivity contribution in [3.8, 4) is 5.88 Å². The zero-order valence-corrected chi connectivity index (χ0v) is 10.8. The molecule has 1 aliphatic rings. The van der Waals surface area contributed by atoms with Crippen LogP contribution in [0, 0.1) is 0 Å². The van der Waals surface area contributed by atoms with Crippen LogP contribution in [0.5, 0.6) is 5.88 Å². The van der Waals surface area contributed by atoms with Gasteiger partial charge in [-0.05, 0) is 31.4 Å². The Hall–Kier alpha value is -1.49. The number of nitrogens with one attached hydrogen (secondary N) is 1. The van der Waals surface area contributed by atoms with Crippen LogP contribution in [0.25, 0.3) is 0 Å². The number of nitrogens with zero attached hydrogens (tertiary/aromatic N) is 1. The Kier molecular flexibility index (Phi) is 4.64. The van der Waals surface area contributed by atoms with Crippen molar-refractivity contribution in [2.45, 2.75) is 32.2 Å². The van der Waals surface area contributed by atoms with Gasteiger partial charge < -0.3 is 20.5 Å². The van der Waals surface area contributed by atoms with E-state index in [0.29, 0.717) is 24.2 Å². The van der Waals surface area contributed by atoms with Gasteiger partial charge in [0.25, 0.3) is 0 Å². The lowest BCUT2D eigenvalue weighted by atomic mass is 10.1. The molecule has 3 N–H and O–H groups in total. The Morgan fingerprint density at radius 1 is 1.56 bits per heavy atom. The summed E-state index contributed by atoms with van der Waals surface area (Å²) < 4.78 is 10.9. The first kappa shape index (κ1) is 13.0. The minimum atomic E-state index is 0.328. The molecule has 1 aromatic rings. The van der Waals surface area contributed by atoms with E-state index >= 15 is 0 Å². The molecule has 1 atom stereocenters. The first-order chi connectivity index (χ1) is 8.79. The second kappa shape index (κ2) is 6.44. The van der Waals surface area contributed by atoms with Crippen LogP contribution in [-0.4, -0.2) is 30.8 Å². The molecule has 5 heteroatoms. The molecule has 0 spiro atoms. The molecule has 100 valence electrons. The summed E-state index contributed by atoms with van der Waals surface area (Å²) in [5.41, 5.74) is 6.40. The summed E-state index contributed by atoms with van der Waals surface area (Å²) in [6.45, 7) is 4.28. The Labute approximate surface area is 108 Å². The summed E-state index contributed by atoms with van der Waals surface area (Å²) in [6.07, 6.45) is 3.14. The van der Waals surface area contributed by atoms with Crippen LogP contribution < -0.4 is 15.8 Å². The zero-order valence-electron chi connectivity index (χ0n) is 10.8. The number of nitrogen functional groups attached to an aromatic ring is 1. The van der Waals surface area contributed by atoms with Gasteiger partial charge in [-0.3, -0.25) is 0 Å². The molecule has 0 aliphatic carbocycles. The van der Waals surface area contributed by atoms with Crippen LogP contribution >= 0.6 is 0 Å². The quantitative estimate of drug-likeness (QED) is 0.838. The molecule has 5 nitrogen and oxygen atoms in total. The molecule has 2 heterocycles. The molecule has 0 amide bonds. The Morgan fingerprint density at radius 3 is 3.17 bits per heavy atom. The predicted molar refractivity (Wildman–Crippen MR) is 71.9 cm³/mol. The third-order valence-corrected chi connectivity index (χ3v) is 2.84. The third-order valence-electron chi connectivity index (χ3n) is 2.84. The Morgan fingerprint density at radius 2 is 2.44 bits per heavy atom. The highest BCUT2D eigenvalue weighted by Gasteiger charge is 2.14. The van der Waals surface area contributed by atoms with Crippen LogP contribution in [0.4, 0.5) is 11.5 Å². The van der Waals surface area contributed by atoms with E-state index in [0.717, 1.165) is 38.3 Å². The molecule has 1 aromatic heterocycles. The molecule has 1 aliphatic heterocycles. The number of aromatic nitrogens is 1. The molecule has 0 radical (unpaired) electrons. The maximum absolute atomic E-state index is 5.82. The molecule has 1 saturated heterocycles. The van der Waals surface area contributed by atoms with Gasteiger partial charge in [-0.2, -0.15) is 4.98 Å². The highest BCUT2D eigenvalue weighted by atomic mass is 16.5. The molecule has 1 unspecified atom stereocenters. The second-order valence-corrected chi connectivity index (χ2v) is 4.50. The van der Waals surface area contributed by atoms with E-state index in [1.165, 1.54) is 0 Å². The molecule has 0 saturated carbocycles. The van der Waals surface area contributed by atoms with E-state index in [1.807, 2.05) is 12.1 Å². The molecular weight excluding hydrogens is 230 g/mol. The smallest absolute Gasteiger partial charge is 0.239 e. The monoisotopic (exact) mass is 251 g/mol. The summed E-state index contributed by atoms with van der Waals surface area (Å²) in [6, 6.07) is 4.03. The molecule has 0 bridgehead atoms. The van der Waals surface area contributed by atoms with Crippen LogP contribution in [-0.2, 0) is 4.74 Å². The van der Waals surface area contributed by atoms with Gasteiger partial charge in [0, 0.05) is 6.61 Å². The van der Waals surface area contributed by atoms with E-state index in [4.69, 9.17) is 15.2 Å². The number of anilines is 2. The lowest BCUT2D eigenvalue weighted by molar-refractivity contribution is 0.0875. The van der Waals surface area contributed by atoms with Gasteiger partial charge in [0.2, 0.25) is 5.88 Å². The SMILES string of the molecule is CCCOc1nc(NC2CCCOC2)ccc1N. The first-order valence-corrected chi connectivity index (χ1v) is 6.53.